The normalized spacial score (nSPS) is 20.0. The van der Waals surface area contributed by atoms with Crippen LogP contribution >= 0.6 is 0 Å². The standard InChI is InChI=1S/C15H19N3O/c1-11-13-5-6-15(17-14(13)7-8-16-11)19-10-12-4-3-9-18(12)2/h5-8,12H,3-4,9-10H2,1-2H3/t12-/m0/s1. The van der Waals surface area contributed by atoms with E-state index >= 15 is 0 Å². The third-order valence-corrected chi connectivity index (χ3v) is 3.88. The van der Waals surface area contributed by atoms with E-state index in [1.165, 1.54) is 19.4 Å². The lowest BCUT2D eigenvalue weighted by Gasteiger charge is -2.19. The first-order chi connectivity index (χ1) is 9.24. The Labute approximate surface area is 113 Å². The Morgan fingerprint density at radius 2 is 2.26 bits per heavy atom. The molecule has 0 bridgehead atoms. The molecule has 0 aliphatic carbocycles. The molecule has 1 aliphatic rings. The third-order valence-electron chi connectivity index (χ3n) is 3.88. The minimum atomic E-state index is 0.525. The molecule has 3 rings (SSSR count). The molecular formula is C15H19N3O. The number of fused-ring (bicyclic) bond motifs is 1. The second-order valence-electron chi connectivity index (χ2n) is 5.20. The molecule has 0 radical (unpaired) electrons. The lowest BCUT2D eigenvalue weighted by molar-refractivity contribution is 0.193. The summed E-state index contributed by atoms with van der Waals surface area (Å²) in [6.45, 7) is 3.89. The van der Waals surface area contributed by atoms with Gasteiger partial charge in [0.2, 0.25) is 5.88 Å². The number of hydrogen-bond acceptors (Lipinski definition) is 4. The van der Waals surface area contributed by atoms with Crippen molar-refractivity contribution in [2.75, 3.05) is 20.2 Å². The van der Waals surface area contributed by atoms with Crippen molar-refractivity contribution in [2.24, 2.45) is 0 Å². The van der Waals surface area contributed by atoms with Crippen LogP contribution < -0.4 is 4.74 Å². The Kier molecular flexibility index (Phi) is 3.34. The number of nitrogens with zero attached hydrogens (tertiary/aromatic N) is 3. The van der Waals surface area contributed by atoms with Crippen molar-refractivity contribution < 1.29 is 4.74 Å². The molecule has 0 saturated carbocycles. The van der Waals surface area contributed by atoms with Crippen LogP contribution in [0, 0.1) is 6.92 Å². The highest BCUT2D eigenvalue weighted by Gasteiger charge is 2.21. The molecule has 1 saturated heterocycles. The zero-order valence-corrected chi connectivity index (χ0v) is 11.5. The van der Waals surface area contributed by atoms with Gasteiger partial charge in [0.05, 0.1) is 5.52 Å². The van der Waals surface area contributed by atoms with Crippen LogP contribution in [0.25, 0.3) is 10.9 Å². The number of aryl methyl sites for hydroxylation is 1. The molecule has 2 aromatic rings. The summed E-state index contributed by atoms with van der Waals surface area (Å²) in [6.07, 6.45) is 4.27. The van der Waals surface area contributed by atoms with Gasteiger partial charge in [-0.25, -0.2) is 4.98 Å². The van der Waals surface area contributed by atoms with Crippen molar-refractivity contribution >= 4 is 10.9 Å². The van der Waals surface area contributed by atoms with E-state index < -0.39 is 0 Å². The molecule has 0 N–H and O–H groups in total. The number of aromatic nitrogens is 2. The predicted molar refractivity (Wildman–Crippen MR) is 75.4 cm³/mol. The smallest absolute Gasteiger partial charge is 0.213 e. The molecule has 1 fully saturated rings. The first-order valence-corrected chi connectivity index (χ1v) is 6.79. The maximum Gasteiger partial charge on any atom is 0.213 e. The zero-order chi connectivity index (χ0) is 13.2. The SMILES string of the molecule is Cc1nccc2nc(OC[C@@H]3CCCN3C)ccc12. The summed E-state index contributed by atoms with van der Waals surface area (Å²) in [5.41, 5.74) is 1.96. The van der Waals surface area contributed by atoms with Gasteiger partial charge in [-0.1, -0.05) is 0 Å². The Hall–Kier alpha value is -1.68. The molecule has 100 valence electrons. The fourth-order valence-electron chi connectivity index (χ4n) is 2.63. The lowest BCUT2D eigenvalue weighted by Crippen LogP contribution is -2.30. The Morgan fingerprint density at radius 3 is 3.05 bits per heavy atom. The highest BCUT2D eigenvalue weighted by molar-refractivity contribution is 5.80. The van der Waals surface area contributed by atoms with Crippen LogP contribution in [-0.4, -0.2) is 41.1 Å². The molecule has 0 spiro atoms. The van der Waals surface area contributed by atoms with Crippen molar-refractivity contribution in [2.45, 2.75) is 25.8 Å². The van der Waals surface area contributed by atoms with Crippen LogP contribution in [0.1, 0.15) is 18.5 Å². The van der Waals surface area contributed by atoms with Gasteiger partial charge in [0.1, 0.15) is 6.61 Å². The highest BCUT2D eigenvalue weighted by atomic mass is 16.5. The number of hydrogen-bond donors (Lipinski definition) is 0. The molecule has 3 heterocycles. The summed E-state index contributed by atoms with van der Waals surface area (Å²) in [5.74, 6) is 0.707. The van der Waals surface area contributed by atoms with Crippen LogP contribution in [0.15, 0.2) is 24.4 Å². The van der Waals surface area contributed by atoms with Gasteiger partial charge in [-0.15, -0.1) is 0 Å². The van der Waals surface area contributed by atoms with Crippen molar-refractivity contribution in [3.63, 3.8) is 0 Å². The average Bonchev–Trinajstić information content (AvgIpc) is 2.82. The molecule has 0 aromatic carbocycles. The second kappa shape index (κ2) is 5.13. The maximum absolute atomic E-state index is 5.84. The van der Waals surface area contributed by atoms with Gasteiger partial charge in [-0.05, 0) is 45.5 Å². The first kappa shape index (κ1) is 12.4. The Morgan fingerprint density at radius 1 is 1.37 bits per heavy atom. The van der Waals surface area contributed by atoms with Gasteiger partial charge in [0, 0.05) is 29.4 Å². The molecule has 1 aliphatic heterocycles. The molecule has 2 aromatic heterocycles. The number of likely N-dealkylation sites (tertiary alicyclic amines) is 1. The van der Waals surface area contributed by atoms with E-state index in [9.17, 15) is 0 Å². The van der Waals surface area contributed by atoms with E-state index in [0.29, 0.717) is 11.9 Å². The fraction of sp³-hybridized carbons (Fsp3) is 0.467. The van der Waals surface area contributed by atoms with Crippen molar-refractivity contribution in [3.8, 4) is 5.88 Å². The lowest BCUT2D eigenvalue weighted by atomic mass is 10.2. The van der Waals surface area contributed by atoms with Gasteiger partial charge in [0.25, 0.3) is 0 Å². The minimum Gasteiger partial charge on any atom is -0.476 e. The molecule has 0 unspecified atom stereocenters. The van der Waals surface area contributed by atoms with Crippen LogP contribution in [0.3, 0.4) is 0 Å². The molecule has 4 heteroatoms. The number of ether oxygens (including phenoxy) is 1. The Balaban J connectivity index is 1.75. The number of pyridine rings is 2. The van der Waals surface area contributed by atoms with Crippen molar-refractivity contribution in [1.29, 1.82) is 0 Å². The monoisotopic (exact) mass is 257 g/mol. The van der Waals surface area contributed by atoms with Crippen molar-refractivity contribution in [1.82, 2.24) is 14.9 Å². The van der Waals surface area contributed by atoms with E-state index in [4.69, 9.17) is 4.74 Å². The zero-order valence-electron chi connectivity index (χ0n) is 11.5. The van der Waals surface area contributed by atoms with Gasteiger partial charge in [-0.2, -0.15) is 0 Å². The van der Waals surface area contributed by atoms with Crippen LogP contribution in [-0.2, 0) is 0 Å². The molecule has 0 amide bonds. The van der Waals surface area contributed by atoms with Crippen LogP contribution in [0.2, 0.25) is 0 Å². The van der Waals surface area contributed by atoms with E-state index in [-0.39, 0.29) is 0 Å². The quantitative estimate of drug-likeness (QED) is 0.846. The molecular weight excluding hydrogens is 238 g/mol. The van der Waals surface area contributed by atoms with Gasteiger partial charge >= 0.3 is 0 Å². The summed E-state index contributed by atoms with van der Waals surface area (Å²) in [7, 11) is 2.16. The number of rotatable bonds is 3. The maximum atomic E-state index is 5.84. The summed E-state index contributed by atoms with van der Waals surface area (Å²) in [6, 6.07) is 6.43. The average molecular weight is 257 g/mol. The van der Waals surface area contributed by atoms with Crippen LogP contribution in [0.4, 0.5) is 0 Å². The van der Waals surface area contributed by atoms with E-state index in [0.717, 1.165) is 23.2 Å². The van der Waals surface area contributed by atoms with E-state index in [1.807, 2.05) is 25.1 Å². The molecule has 19 heavy (non-hydrogen) atoms. The van der Waals surface area contributed by atoms with Crippen LogP contribution in [0.5, 0.6) is 5.88 Å². The van der Waals surface area contributed by atoms with Gasteiger partial charge in [0.15, 0.2) is 0 Å². The highest BCUT2D eigenvalue weighted by Crippen LogP contribution is 2.20. The predicted octanol–water partition coefficient (Wildman–Crippen LogP) is 2.41. The van der Waals surface area contributed by atoms with Gasteiger partial charge < -0.3 is 9.64 Å². The Bertz CT molecular complexity index is 585. The summed E-state index contributed by atoms with van der Waals surface area (Å²) >= 11 is 0. The molecule has 1 atom stereocenters. The second-order valence-corrected chi connectivity index (χ2v) is 5.20. The van der Waals surface area contributed by atoms with E-state index in [1.54, 1.807) is 6.20 Å². The third kappa shape index (κ3) is 2.54. The minimum absolute atomic E-state index is 0.525. The van der Waals surface area contributed by atoms with Gasteiger partial charge in [-0.3, -0.25) is 4.98 Å². The summed E-state index contributed by atoms with van der Waals surface area (Å²) in [5, 5.41) is 1.09. The largest absolute Gasteiger partial charge is 0.476 e. The molecule has 4 nitrogen and oxygen atoms in total. The number of likely N-dealkylation sites (N-methyl/N-ethyl adjacent to an activating group) is 1. The topological polar surface area (TPSA) is 38.3 Å². The fourth-order valence-corrected chi connectivity index (χ4v) is 2.63. The van der Waals surface area contributed by atoms with Crippen molar-refractivity contribution in [3.05, 3.63) is 30.1 Å². The van der Waals surface area contributed by atoms with E-state index in [2.05, 4.69) is 21.9 Å². The summed E-state index contributed by atoms with van der Waals surface area (Å²) < 4.78 is 5.84. The first-order valence-electron chi connectivity index (χ1n) is 6.79. The summed E-state index contributed by atoms with van der Waals surface area (Å²) in [4.78, 5) is 11.2.